The molecule has 0 fully saturated rings. The third-order valence-corrected chi connectivity index (χ3v) is 5.92. The first-order chi connectivity index (χ1) is 14.3. The van der Waals surface area contributed by atoms with Gasteiger partial charge in [0, 0.05) is 17.9 Å². The maximum absolute atomic E-state index is 4.64. The topological polar surface area (TPSA) is 73.5 Å². The van der Waals surface area contributed by atoms with Crippen molar-refractivity contribution in [1.29, 1.82) is 0 Å². The first-order valence-electron chi connectivity index (χ1n) is 10.0. The van der Waals surface area contributed by atoms with Gasteiger partial charge in [-0.05, 0) is 42.9 Å². The summed E-state index contributed by atoms with van der Waals surface area (Å²) in [6.45, 7) is 7.06. The van der Waals surface area contributed by atoms with Gasteiger partial charge < -0.3 is 14.9 Å². The minimum Gasteiger partial charge on any atom is -0.360 e. The summed E-state index contributed by atoms with van der Waals surface area (Å²) in [5.41, 5.74) is 8.06. The van der Waals surface area contributed by atoms with Gasteiger partial charge in [-0.25, -0.2) is 15.0 Å². The van der Waals surface area contributed by atoms with Crippen molar-refractivity contribution in [3.8, 4) is 0 Å². The van der Waals surface area contributed by atoms with Crippen LogP contribution in [0.2, 0.25) is 0 Å². The molecular formula is C23H24N6. The zero-order chi connectivity index (χ0) is 19.8. The van der Waals surface area contributed by atoms with Crippen molar-refractivity contribution in [3.05, 3.63) is 77.6 Å². The third-order valence-electron chi connectivity index (χ3n) is 5.92. The fourth-order valence-electron chi connectivity index (χ4n) is 4.56. The Morgan fingerprint density at radius 1 is 1.21 bits per heavy atom. The molecule has 2 N–H and O–H groups in total. The van der Waals surface area contributed by atoms with E-state index in [1.165, 1.54) is 28.1 Å². The Morgan fingerprint density at radius 3 is 2.90 bits per heavy atom. The lowest BCUT2D eigenvalue weighted by molar-refractivity contribution is 0.531. The summed E-state index contributed by atoms with van der Waals surface area (Å²) in [5.74, 6) is 0.920. The second kappa shape index (κ2) is 7.20. The van der Waals surface area contributed by atoms with Crippen LogP contribution in [0.1, 0.15) is 40.5 Å². The van der Waals surface area contributed by atoms with Crippen molar-refractivity contribution < 1.29 is 0 Å². The van der Waals surface area contributed by atoms with Gasteiger partial charge in [0.1, 0.15) is 11.8 Å². The number of hydrogen-bond donors (Lipinski definition) is 2. The number of nitrogens with zero attached hydrogens (tertiary/aromatic N) is 4. The first kappa shape index (κ1) is 17.7. The number of benzene rings is 1. The van der Waals surface area contributed by atoms with E-state index in [-0.39, 0.29) is 6.04 Å². The van der Waals surface area contributed by atoms with E-state index in [4.69, 9.17) is 0 Å². The van der Waals surface area contributed by atoms with Gasteiger partial charge >= 0.3 is 0 Å². The van der Waals surface area contributed by atoms with Crippen molar-refractivity contribution in [1.82, 2.24) is 24.9 Å². The van der Waals surface area contributed by atoms with Crippen molar-refractivity contribution in [2.75, 3.05) is 11.4 Å². The molecule has 29 heavy (non-hydrogen) atoms. The number of aromatic nitrogens is 5. The summed E-state index contributed by atoms with van der Waals surface area (Å²) in [7, 11) is 0. The Bertz CT molecular complexity index is 1160. The Hall–Kier alpha value is -3.41. The van der Waals surface area contributed by atoms with Crippen LogP contribution in [-0.4, -0.2) is 31.5 Å². The van der Waals surface area contributed by atoms with Crippen LogP contribution in [0.15, 0.2) is 49.6 Å². The summed E-state index contributed by atoms with van der Waals surface area (Å²) in [6, 6.07) is 10.9. The highest BCUT2D eigenvalue weighted by atomic mass is 15.2. The molecule has 146 valence electrons. The summed E-state index contributed by atoms with van der Waals surface area (Å²) >= 11 is 0. The Morgan fingerprint density at radius 2 is 2.07 bits per heavy atom. The van der Waals surface area contributed by atoms with Crippen molar-refractivity contribution in [3.63, 3.8) is 0 Å². The molecule has 1 atom stereocenters. The van der Waals surface area contributed by atoms with Crippen LogP contribution in [0.3, 0.4) is 0 Å². The average Bonchev–Trinajstić information content (AvgIpc) is 3.36. The standard InChI is InChI=1S/C23H24N6/c1-3-17-15(2)28-20-18(17)11-12-29(19(20)10-9-16-7-5-4-6-8-16)23-21-22(25-13-24-21)26-14-27-23/h3-8,13-14,19,28H,1,9-12H2,2H3,(H,24,25,26,27). The largest absolute Gasteiger partial charge is 0.360 e. The highest BCUT2D eigenvalue weighted by molar-refractivity contribution is 5.83. The van der Waals surface area contributed by atoms with Gasteiger partial charge in [0.05, 0.1) is 12.4 Å². The van der Waals surface area contributed by atoms with E-state index in [2.05, 4.69) is 73.7 Å². The lowest BCUT2D eigenvalue weighted by Crippen LogP contribution is -2.36. The third kappa shape index (κ3) is 3.01. The van der Waals surface area contributed by atoms with Crippen LogP contribution < -0.4 is 4.90 Å². The van der Waals surface area contributed by atoms with Gasteiger partial charge in [0.2, 0.25) is 0 Å². The highest BCUT2D eigenvalue weighted by Crippen LogP contribution is 2.39. The number of anilines is 1. The molecule has 4 heterocycles. The molecule has 0 bridgehead atoms. The molecule has 5 rings (SSSR count). The Labute approximate surface area is 169 Å². The molecule has 0 saturated heterocycles. The number of imidazole rings is 1. The number of rotatable bonds is 5. The molecule has 0 radical (unpaired) electrons. The van der Waals surface area contributed by atoms with Gasteiger partial charge in [-0.15, -0.1) is 0 Å². The van der Waals surface area contributed by atoms with Crippen LogP contribution >= 0.6 is 0 Å². The van der Waals surface area contributed by atoms with Gasteiger partial charge in [-0.2, -0.15) is 0 Å². The number of fused-ring (bicyclic) bond motifs is 2. The molecule has 1 aliphatic heterocycles. The van der Waals surface area contributed by atoms with Crippen molar-refractivity contribution in [2.45, 2.75) is 32.2 Å². The molecule has 1 aromatic carbocycles. The zero-order valence-electron chi connectivity index (χ0n) is 16.5. The number of hydrogen-bond acceptors (Lipinski definition) is 4. The molecular weight excluding hydrogens is 360 g/mol. The van der Waals surface area contributed by atoms with Gasteiger partial charge in [-0.3, -0.25) is 0 Å². The monoisotopic (exact) mass is 384 g/mol. The Kier molecular flexibility index (Phi) is 4.39. The molecule has 6 nitrogen and oxygen atoms in total. The quantitative estimate of drug-likeness (QED) is 0.536. The summed E-state index contributed by atoms with van der Waals surface area (Å²) in [6.07, 6.45) is 8.23. The van der Waals surface area contributed by atoms with Crippen LogP contribution in [0.5, 0.6) is 0 Å². The van der Waals surface area contributed by atoms with Crippen LogP contribution in [0.4, 0.5) is 5.82 Å². The molecule has 0 saturated carbocycles. The average molecular weight is 384 g/mol. The van der Waals surface area contributed by atoms with E-state index in [9.17, 15) is 0 Å². The molecule has 1 unspecified atom stereocenters. The molecule has 0 aliphatic carbocycles. The number of aromatic amines is 2. The normalized spacial score (nSPS) is 16.2. The van der Waals surface area contributed by atoms with Crippen LogP contribution in [0.25, 0.3) is 17.2 Å². The van der Waals surface area contributed by atoms with E-state index in [1.54, 1.807) is 12.7 Å². The first-order valence-corrected chi connectivity index (χ1v) is 10.0. The Balaban J connectivity index is 1.57. The molecule has 0 amide bonds. The van der Waals surface area contributed by atoms with Gasteiger partial charge in [0.15, 0.2) is 11.5 Å². The van der Waals surface area contributed by atoms with E-state index < -0.39 is 0 Å². The molecule has 0 spiro atoms. The predicted molar refractivity (Wildman–Crippen MR) is 116 cm³/mol. The van der Waals surface area contributed by atoms with Gasteiger partial charge in [0.25, 0.3) is 0 Å². The summed E-state index contributed by atoms with van der Waals surface area (Å²) in [5, 5.41) is 0. The summed E-state index contributed by atoms with van der Waals surface area (Å²) in [4.78, 5) is 22.5. The fourth-order valence-corrected chi connectivity index (χ4v) is 4.56. The minimum absolute atomic E-state index is 0.202. The van der Waals surface area contributed by atoms with Crippen molar-refractivity contribution >= 4 is 23.1 Å². The number of aryl methyl sites for hydroxylation is 2. The fraction of sp³-hybridized carbons (Fsp3) is 0.261. The molecule has 4 aromatic rings. The maximum Gasteiger partial charge on any atom is 0.182 e. The maximum atomic E-state index is 4.64. The SMILES string of the molecule is C=Cc1c(C)[nH]c2c1CCN(c1ncnc3nc[nH]c13)C2CCc1ccccc1. The van der Waals surface area contributed by atoms with E-state index in [0.29, 0.717) is 5.65 Å². The minimum atomic E-state index is 0.202. The zero-order valence-corrected chi connectivity index (χ0v) is 16.5. The van der Waals surface area contributed by atoms with Crippen molar-refractivity contribution in [2.24, 2.45) is 0 Å². The summed E-state index contributed by atoms with van der Waals surface area (Å²) < 4.78 is 0. The van der Waals surface area contributed by atoms with Crippen LogP contribution in [0, 0.1) is 6.92 Å². The second-order valence-corrected chi connectivity index (χ2v) is 7.54. The lowest BCUT2D eigenvalue weighted by Gasteiger charge is -2.37. The van der Waals surface area contributed by atoms with E-state index >= 15 is 0 Å². The van der Waals surface area contributed by atoms with E-state index in [0.717, 1.165) is 37.1 Å². The van der Waals surface area contributed by atoms with E-state index in [1.807, 2.05) is 6.08 Å². The second-order valence-electron chi connectivity index (χ2n) is 7.54. The lowest BCUT2D eigenvalue weighted by atomic mass is 9.92. The smallest absolute Gasteiger partial charge is 0.182 e. The number of H-pyrrole nitrogens is 2. The molecule has 1 aliphatic rings. The van der Waals surface area contributed by atoms with Crippen LogP contribution in [-0.2, 0) is 12.8 Å². The highest BCUT2D eigenvalue weighted by Gasteiger charge is 2.32. The molecule has 6 heteroatoms. The number of nitrogens with one attached hydrogen (secondary N) is 2. The van der Waals surface area contributed by atoms with Gasteiger partial charge in [-0.1, -0.05) is 43.0 Å². The predicted octanol–water partition coefficient (Wildman–Crippen LogP) is 4.37. The molecule has 3 aromatic heterocycles.